The van der Waals surface area contributed by atoms with E-state index in [1.54, 1.807) is 36.7 Å². The van der Waals surface area contributed by atoms with Crippen LogP contribution >= 0.6 is 0 Å². The average molecular weight is 342 g/mol. The highest BCUT2D eigenvalue weighted by atomic mass is 19.3. The lowest BCUT2D eigenvalue weighted by Crippen LogP contribution is -2.58. The van der Waals surface area contributed by atoms with Gasteiger partial charge in [-0.15, -0.1) is 10.2 Å². The third-order valence-electron chi connectivity index (χ3n) is 3.97. The fourth-order valence-electron chi connectivity index (χ4n) is 2.73. The molecular weight excluding hydrogens is 330 g/mol. The molecule has 1 amide bonds. The summed E-state index contributed by atoms with van der Waals surface area (Å²) in [5, 5.41) is 8.44. The van der Waals surface area contributed by atoms with Crippen molar-refractivity contribution in [1.29, 1.82) is 0 Å². The lowest BCUT2D eigenvalue weighted by molar-refractivity contribution is -0.113. The molecule has 1 aromatic carbocycles. The highest BCUT2D eigenvalue weighted by Gasteiger charge is 2.47. The molecule has 0 bridgehead atoms. The predicted molar refractivity (Wildman–Crippen MR) is 85.8 cm³/mol. The van der Waals surface area contributed by atoms with Crippen LogP contribution in [0.1, 0.15) is 10.5 Å². The van der Waals surface area contributed by atoms with Crippen molar-refractivity contribution >= 4 is 22.5 Å². The number of likely N-dealkylation sites (tertiary alicyclic amines) is 1. The highest BCUT2D eigenvalue weighted by molar-refractivity contribution is 6.07. The van der Waals surface area contributed by atoms with Crippen LogP contribution in [0, 0.1) is 0 Å². The number of hydrogen-bond donors (Lipinski definition) is 1. The van der Waals surface area contributed by atoms with Gasteiger partial charge in [-0.2, -0.15) is 0 Å². The number of carbonyl (C=O) groups is 1. The number of rotatable bonds is 2. The summed E-state index contributed by atoms with van der Waals surface area (Å²) < 4.78 is 26.0. The van der Waals surface area contributed by atoms with E-state index in [1.807, 2.05) is 0 Å². The van der Waals surface area contributed by atoms with Gasteiger partial charge in [0, 0.05) is 23.3 Å². The quantitative estimate of drug-likeness (QED) is 0.762. The third-order valence-corrected chi connectivity index (χ3v) is 3.97. The van der Waals surface area contributed by atoms with Crippen LogP contribution in [0.4, 0.5) is 14.5 Å². The fraction of sp³-hybridized carbons (Fsp3) is 0.188. The van der Waals surface area contributed by atoms with Gasteiger partial charge in [-0.25, -0.2) is 18.7 Å². The van der Waals surface area contributed by atoms with E-state index in [-0.39, 0.29) is 11.4 Å². The summed E-state index contributed by atoms with van der Waals surface area (Å²) in [5.41, 5.74) is 7.10. The summed E-state index contributed by atoms with van der Waals surface area (Å²) >= 11 is 0. The Morgan fingerprint density at radius 3 is 2.52 bits per heavy atom. The Hall–Kier alpha value is -3.23. The molecule has 0 radical (unpaired) electrons. The van der Waals surface area contributed by atoms with Gasteiger partial charge in [-0.05, 0) is 12.1 Å². The molecule has 3 heterocycles. The Labute approximate surface area is 140 Å². The zero-order valence-corrected chi connectivity index (χ0v) is 12.9. The van der Waals surface area contributed by atoms with Crippen LogP contribution < -0.4 is 5.73 Å². The Kier molecular flexibility index (Phi) is 3.31. The zero-order valence-electron chi connectivity index (χ0n) is 12.9. The maximum atomic E-state index is 13.0. The molecule has 0 spiro atoms. The van der Waals surface area contributed by atoms with Gasteiger partial charge in [0.1, 0.15) is 5.52 Å². The van der Waals surface area contributed by atoms with Crippen LogP contribution in [-0.2, 0) is 0 Å². The molecule has 7 nitrogen and oxygen atoms in total. The molecule has 3 aromatic rings. The Bertz CT molecular complexity index is 971. The second-order valence-corrected chi connectivity index (χ2v) is 5.75. The van der Waals surface area contributed by atoms with E-state index in [2.05, 4.69) is 20.2 Å². The van der Waals surface area contributed by atoms with Gasteiger partial charge in [-0.3, -0.25) is 4.79 Å². The van der Waals surface area contributed by atoms with Crippen molar-refractivity contribution in [3.05, 3.63) is 42.4 Å². The number of benzene rings is 1. The minimum absolute atomic E-state index is 0.1000. The van der Waals surface area contributed by atoms with Gasteiger partial charge < -0.3 is 10.6 Å². The molecule has 1 saturated heterocycles. The number of aromatic nitrogens is 4. The molecule has 1 fully saturated rings. The predicted octanol–water partition coefficient (Wildman–Crippen LogP) is 1.76. The summed E-state index contributed by atoms with van der Waals surface area (Å²) in [4.78, 5) is 21.7. The maximum Gasteiger partial charge on any atom is 0.282 e. The van der Waals surface area contributed by atoms with Crippen molar-refractivity contribution < 1.29 is 13.6 Å². The van der Waals surface area contributed by atoms with Crippen molar-refractivity contribution in [3.8, 4) is 11.4 Å². The van der Waals surface area contributed by atoms with E-state index in [0.717, 1.165) is 4.90 Å². The normalized spacial score (nSPS) is 15.8. The van der Waals surface area contributed by atoms with Crippen LogP contribution in [-0.4, -0.2) is 50.0 Å². The van der Waals surface area contributed by atoms with Crippen LogP contribution in [0.5, 0.6) is 0 Å². The number of alkyl halides is 2. The summed E-state index contributed by atoms with van der Waals surface area (Å²) in [6.07, 6.45) is 3.19. The number of nitrogens with two attached hydrogens (primary N) is 1. The standard InChI is InChI=1S/C16H12F2N6O/c17-16(18)7-24(8-16)15(25)13-11(19)9-3-1-4-10(12(9)22-23-13)14-20-5-2-6-21-14/h1-6H,7-8H2,(H2,19,22). The average Bonchev–Trinajstić information content (AvgIpc) is 2.60. The van der Waals surface area contributed by atoms with E-state index in [0.29, 0.717) is 22.3 Å². The van der Waals surface area contributed by atoms with E-state index < -0.39 is 24.9 Å². The van der Waals surface area contributed by atoms with E-state index in [1.165, 1.54) is 0 Å². The number of anilines is 1. The topological polar surface area (TPSA) is 97.9 Å². The number of hydrogen-bond acceptors (Lipinski definition) is 6. The monoisotopic (exact) mass is 342 g/mol. The van der Waals surface area contributed by atoms with Crippen LogP contribution in [0.3, 0.4) is 0 Å². The number of amides is 1. The SMILES string of the molecule is Nc1c(C(=O)N2CC(F)(F)C2)nnc2c(-c3ncccn3)cccc12. The second kappa shape index (κ2) is 5.40. The molecule has 2 N–H and O–H groups in total. The Morgan fingerprint density at radius 2 is 1.84 bits per heavy atom. The molecule has 0 aliphatic carbocycles. The summed E-state index contributed by atoms with van der Waals surface area (Å²) in [6, 6.07) is 6.88. The van der Waals surface area contributed by atoms with Gasteiger partial charge in [0.2, 0.25) is 0 Å². The van der Waals surface area contributed by atoms with Crippen molar-refractivity contribution in [2.45, 2.75) is 5.92 Å². The first kappa shape index (κ1) is 15.3. The number of nitrogen functional groups attached to an aromatic ring is 1. The Morgan fingerprint density at radius 1 is 1.12 bits per heavy atom. The molecule has 1 aliphatic rings. The molecule has 0 unspecified atom stereocenters. The van der Waals surface area contributed by atoms with Gasteiger partial charge in [-0.1, -0.05) is 12.1 Å². The summed E-state index contributed by atoms with van der Waals surface area (Å²) in [5.74, 6) is -3.06. The number of carbonyl (C=O) groups excluding carboxylic acids is 1. The molecule has 0 atom stereocenters. The summed E-state index contributed by atoms with van der Waals surface area (Å²) in [6.45, 7) is -1.27. The van der Waals surface area contributed by atoms with Crippen LogP contribution in [0.15, 0.2) is 36.7 Å². The molecule has 126 valence electrons. The molecule has 25 heavy (non-hydrogen) atoms. The van der Waals surface area contributed by atoms with Gasteiger partial charge in [0.25, 0.3) is 11.8 Å². The van der Waals surface area contributed by atoms with Gasteiger partial charge in [0.05, 0.1) is 18.8 Å². The van der Waals surface area contributed by atoms with Crippen LogP contribution in [0.2, 0.25) is 0 Å². The molecular formula is C16H12F2N6O. The largest absolute Gasteiger partial charge is 0.396 e. The Balaban J connectivity index is 1.78. The first-order valence-electron chi connectivity index (χ1n) is 7.46. The fourth-order valence-corrected chi connectivity index (χ4v) is 2.73. The van der Waals surface area contributed by atoms with E-state index in [9.17, 15) is 13.6 Å². The number of fused-ring (bicyclic) bond motifs is 1. The molecule has 2 aromatic heterocycles. The van der Waals surface area contributed by atoms with Gasteiger partial charge in [0.15, 0.2) is 11.5 Å². The minimum Gasteiger partial charge on any atom is -0.396 e. The lowest BCUT2D eigenvalue weighted by atomic mass is 10.1. The number of halogens is 2. The van der Waals surface area contributed by atoms with Gasteiger partial charge >= 0.3 is 0 Å². The first-order chi connectivity index (χ1) is 12.0. The molecule has 4 rings (SSSR count). The number of nitrogens with zero attached hydrogens (tertiary/aromatic N) is 5. The molecule has 0 saturated carbocycles. The lowest BCUT2D eigenvalue weighted by Gasteiger charge is -2.38. The maximum absolute atomic E-state index is 13.0. The molecule has 1 aliphatic heterocycles. The first-order valence-corrected chi connectivity index (χ1v) is 7.46. The smallest absolute Gasteiger partial charge is 0.282 e. The minimum atomic E-state index is -2.85. The van der Waals surface area contributed by atoms with Crippen molar-refractivity contribution in [2.75, 3.05) is 18.8 Å². The van der Waals surface area contributed by atoms with Crippen molar-refractivity contribution in [3.63, 3.8) is 0 Å². The van der Waals surface area contributed by atoms with Crippen molar-refractivity contribution in [1.82, 2.24) is 25.1 Å². The van der Waals surface area contributed by atoms with Crippen LogP contribution in [0.25, 0.3) is 22.3 Å². The highest BCUT2D eigenvalue weighted by Crippen LogP contribution is 2.32. The summed E-state index contributed by atoms with van der Waals surface area (Å²) in [7, 11) is 0. The third kappa shape index (κ3) is 2.53. The second-order valence-electron chi connectivity index (χ2n) is 5.75. The van der Waals surface area contributed by atoms with Crippen molar-refractivity contribution in [2.24, 2.45) is 0 Å². The van der Waals surface area contributed by atoms with E-state index >= 15 is 0 Å². The zero-order chi connectivity index (χ0) is 17.6. The molecule has 9 heteroatoms. The van der Waals surface area contributed by atoms with E-state index in [4.69, 9.17) is 5.73 Å².